The number of carbonyl (C=O) groups excluding carboxylic acids is 1. The Morgan fingerprint density at radius 2 is 2.26 bits per heavy atom. The Morgan fingerprint density at radius 3 is 2.96 bits per heavy atom. The molecule has 2 heterocycles. The fraction of sp³-hybridized carbons (Fsp3) is 0.312. The van der Waals surface area contributed by atoms with Gasteiger partial charge in [-0.05, 0) is 17.2 Å². The molecule has 1 amide bonds. The van der Waals surface area contributed by atoms with Crippen molar-refractivity contribution >= 4 is 39.1 Å². The number of aliphatic carboxylic acids is 1. The Kier molecular flexibility index (Phi) is 4.77. The number of carboxylic acid groups (broad SMARTS) is 1. The molecule has 0 fully saturated rings. The van der Waals surface area contributed by atoms with E-state index in [1.165, 1.54) is 16.2 Å². The van der Waals surface area contributed by atoms with Crippen molar-refractivity contribution in [3.05, 3.63) is 50.4 Å². The van der Waals surface area contributed by atoms with Gasteiger partial charge < -0.3 is 10.0 Å². The van der Waals surface area contributed by atoms with Crippen LogP contribution in [0.25, 0.3) is 0 Å². The van der Waals surface area contributed by atoms with Gasteiger partial charge in [-0.2, -0.15) is 0 Å². The van der Waals surface area contributed by atoms with E-state index in [4.69, 9.17) is 0 Å². The van der Waals surface area contributed by atoms with Gasteiger partial charge >= 0.3 is 5.97 Å². The molecule has 0 saturated heterocycles. The number of halogens is 1. The summed E-state index contributed by atoms with van der Waals surface area (Å²) in [6, 6.07) is 4.93. The Bertz CT molecular complexity index is 733. The number of thiazole rings is 1. The number of fused-ring (bicyclic) bond motifs is 1. The van der Waals surface area contributed by atoms with E-state index >= 15 is 0 Å². The van der Waals surface area contributed by atoms with Crippen LogP contribution in [0.15, 0.2) is 34.2 Å². The minimum Gasteiger partial charge on any atom is -0.480 e. The molecule has 3 rings (SSSR count). The average molecular weight is 395 g/mol. The van der Waals surface area contributed by atoms with Crippen LogP contribution in [0.2, 0.25) is 0 Å². The van der Waals surface area contributed by atoms with Crippen LogP contribution < -0.4 is 0 Å². The second kappa shape index (κ2) is 6.80. The maximum atomic E-state index is 12.5. The first-order chi connectivity index (χ1) is 11.1. The van der Waals surface area contributed by atoms with Crippen molar-refractivity contribution in [1.29, 1.82) is 0 Å². The zero-order valence-corrected chi connectivity index (χ0v) is 14.6. The van der Waals surface area contributed by atoms with E-state index in [2.05, 4.69) is 20.9 Å². The van der Waals surface area contributed by atoms with Gasteiger partial charge in [0.25, 0.3) is 0 Å². The molecule has 1 unspecified atom stereocenters. The molecule has 1 aromatic heterocycles. The first kappa shape index (κ1) is 16.1. The van der Waals surface area contributed by atoms with Gasteiger partial charge in [0.1, 0.15) is 6.04 Å². The molecule has 1 aliphatic rings. The summed E-state index contributed by atoms with van der Waals surface area (Å²) in [6.07, 6.45) is 2.86. The second-order valence-electron chi connectivity index (χ2n) is 5.38. The van der Waals surface area contributed by atoms with Gasteiger partial charge in [0, 0.05) is 41.9 Å². The van der Waals surface area contributed by atoms with Crippen LogP contribution in [-0.4, -0.2) is 32.9 Å². The Balaban J connectivity index is 1.79. The van der Waals surface area contributed by atoms with Crippen molar-refractivity contribution < 1.29 is 14.7 Å². The zero-order valence-electron chi connectivity index (χ0n) is 12.2. The van der Waals surface area contributed by atoms with Gasteiger partial charge in [0.15, 0.2) is 0 Å². The Morgan fingerprint density at radius 1 is 1.43 bits per heavy atom. The van der Waals surface area contributed by atoms with Gasteiger partial charge in [-0.25, -0.2) is 9.78 Å². The maximum absolute atomic E-state index is 12.5. The van der Waals surface area contributed by atoms with Crippen LogP contribution >= 0.6 is 27.3 Å². The smallest absolute Gasteiger partial charge is 0.326 e. The van der Waals surface area contributed by atoms with E-state index in [1.807, 2.05) is 23.6 Å². The molecule has 1 atom stereocenters. The predicted octanol–water partition coefficient (Wildman–Crippen LogP) is 2.88. The Hall–Kier alpha value is -1.73. The van der Waals surface area contributed by atoms with Crippen molar-refractivity contribution in [3.8, 4) is 0 Å². The number of nitrogens with zero attached hydrogens (tertiary/aromatic N) is 2. The number of hydrogen-bond donors (Lipinski definition) is 1. The fourth-order valence-electron chi connectivity index (χ4n) is 2.79. The van der Waals surface area contributed by atoms with E-state index in [0.29, 0.717) is 19.4 Å². The molecule has 0 saturated carbocycles. The first-order valence-corrected chi connectivity index (χ1v) is 8.90. The first-order valence-electron chi connectivity index (χ1n) is 7.23. The third-order valence-corrected chi connectivity index (χ3v) is 5.55. The average Bonchev–Trinajstić information content (AvgIpc) is 3.05. The molecule has 2 aromatic rings. The summed E-state index contributed by atoms with van der Waals surface area (Å²) in [7, 11) is 0. The zero-order chi connectivity index (χ0) is 16.4. The summed E-state index contributed by atoms with van der Waals surface area (Å²) >= 11 is 4.97. The molecule has 0 aliphatic carbocycles. The molecule has 0 bridgehead atoms. The van der Waals surface area contributed by atoms with Crippen molar-refractivity contribution in [3.63, 3.8) is 0 Å². The normalized spacial score (nSPS) is 16.9. The number of aromatic nitrogens is 1. The standard InChI is InChI=1S/C16H15BrN2O3S/c17-12-3-1-2-10-9-19(13(16(21)22)8-11(10)12)15(20)5-4-14-18-6-7-23-14/h1-3,6-7,13H,4-5,8-9H2,(H,21,22). The third-order valence-electron chi connectivity index (χ3n) is 3.97. The van der Waals surface area contributed by atoms with E-state index in [9.17, 15) is 14.7 Å². The second-order valence-corrected chi connectivity index (χ2v) is 7.22. The van der Waals surface area contributed by atoms with Gasteiger partial charge in [-0.3, -0.25) is 4.79 Å². The number of benzene rings is 1. The fourth-order valence-corrected chi connectivity index (χ4v) is 3.98. The highest BCUT2D eigenvalue weighted by Crippen LogP contribution is 2.30. The van der Waals surface area contributed by atoms with E-state index in [0.717, 1.165) is 20.6 Å². The van der Waals surface area contributed by atoms with Crippen LogP contribution in [0.3, 0.4) is 0 Å². The summed E-state index contributed by atoms with van der Waals surface area (Å²) in [5, 5.41) is 12.3. The van der Waals surface area contributed by atoms with E-state index in [1.54, 1.807) is 6.20 Å². The van der Waals surface area contributed by atoms with E-state index < -0.39 is 12.0 Å². The summed E-state index contributed by atoms with van der Waals surface area (Å²) in [5.41, 5.74) is 1.98. The van der Waals surface area contributed by atoms with Crippen molar-refractivity contribution in [2.24, 2.45) is 0 Å². The van der Waals surface area contributed by atoms with Crippen LogP contribution in [0.1, 0.15) is 22.6 Å². The number of hydrogen-bond acceptors (Lipinski definition) is 4. The van der Waals surface area contributed by atoms with E-state index in [-0.39, 0.29) is 12.3 Å². The lowest BCUT2D eigenvalue weighted by molar-refractivity contribution is -0.151. The molecule has 120 valence electrons. The topological polar surface area (TPSA) is 70.5 Å². The molecular formula is C16H15BrN2O3S. The number of amides is 1. The minimum absolute atomic E-state index is 0.141. The highest BCUT2D eigenvalue weighted by atomic mass is 79.9. The summed E-state index contributed by atoms with van der Waals surface area (Å²) < 4.78 is 0.899. The molecule has 23 heavy (non-hydrogen) atoms. The quantitative estimate of drug-likeness (QED) is 0.865. The molecule has 0 spiro atoms. The van der Waals surface area contributed by atoms with Crippen molar-refractivity contribution in [1.82, 2.24) is 9.88 Å². The third kappa shape index (κ3) is 3.45. The maximum Gasteiger partial charge on any atom is 0.326 e. The number of aryl methyl sites for hydroxylation is 1. The molecule has 1 N–H and O–H groups in total. The molecular weight excluding hydrogens is 380 g/mol. The van der Waals surface area contributed by atoms with Gasteiger partial charge in [0.05, 0.1) is 5.01 Å². The highest BCUT2D eigenvalue weighted by molar-refractivity contribution is 9.10. The Labute approximate surface area is 146 Å². The summed E-state index contributed by atoms with van der Waals surface area (Å²) in [4.78, 5) is 29.8. The predicted molar refractivity (Wildman–Crippen MR) is 90.3 cm³/mol. The highest BCUT2D eigenvalue weighted by Gasteiger charge is 2.35. The van der Waals surface area contributed by atoms with Gasteiger partial charge in [0.2, 0.25) is 5.91 Å². The van der Waals surface area contributed by atoms with Gasteiger partial charge in [-0.1, -0.05) is 28.1 Å². The lowest BCUT2D eigenvalue weighted by Gasteiger charge is -2.35. The molecule has 1 aliphatic heterocycles. The van der Waals surface area contributed by atoms with Crippen LogP contribution in [0.4, 0.5) is 0 Å². The largest absolute Gasteiger partial charge is 0.480 e. The minimum atomic E-state index is -0.964. The molecule has 0 radical (unpaired) electrons. The van der Waals surface area contributed by atoms with Crippen LogP contribution in [-0.2, 0) is 29.0 Å². The van der Waals surface area contributed by atoms with Gasteiger partial charge in [-0.15, -0.1) is 11.3 Å². The lowest BCUT2D eigenvalue weighted by Crippen LogP contribution is -2.48. The molecule has 1 aromatic carbocycles. The number of rotatable bonds is 4. The summed E-state index contributed by atoms with van der Waals surface area (Å²) in [5.74, 6) is -1.10. The van der Waals surface area contributed by atoms with Crippen LogP contribution in [0.5, 0.6) is 0 Å². The number of carboxylic acids is 1. The monoisotopic (exact) mass is 394 g/mol. The summed E-state index contributed by atoms with van der Waals surface area (Å²) in [6.45, 7) is 0.336. The van der Waals surface area contributed by atoms with Crippen molar-refractivity contribution in [2.45, 2.75) is 31.8 Å². The molecule has 7 heteroatoms. The number of carbonyl (C=O) groups is 2. The van der Waals surface area contributed by atoms with Crippen LogP contribution in [0, 0.1) is 0 Å². The van der Waals surface area contributed by atoms with Crippen molar-refractivity contribution in [2.75, 3.05) is 0 Å². The molecule has 5 nitrogen and oxygen atoms in total. The SMILES string of the molecule is O=C(O)C1Cc2c(Br)cccc2CN1C(=O)CCc1nccs1. The lowest BCUT2D eigenvalue weighted by atomic mass is 9.93.